The lowest BCUT2D eigenvalue weighted by molar-refractivity contribution is 0.116. The van der Waals surface area contributed by atoms with Gasteiger partial charge in [-0.3, -0.25) is 4.90 Å². The second kappa shape index (κ2) is 9.54. The van der Waals surface area contributed by atoms with Crippen LogP contribution in [0, 0.1) is 5.82 Å². The van der Waals surface area contributed by atoms with E-state index in [4.69, 9.17) is 4.74 Å². The van der Waals surface area contributed by atoms with Gasteiger partial charge in [-0.15, -0.1) is 0 Å². The lowest BCUT2D eigenvalue weighted by Crippen LogP contribution is -2.47. The Kier molecular flexibility index (Phi) is 6.83. The Morgan fingerprint density at radius 2 is 1.44 bits per heavy atom. The molecule has 1 saturated heterocycles. The van der Waals surface area contributed by atoms with Crippen LogP contribution in [0.15, 0.2) is 54.6 Å². The summed E-state index contributed by atoms with van der Waals surface area (Å²) in [5.41, 5.74) is 1.43. The first-order valence-electron chi connectivity index (χ1n) is 9.16. The lowest BCUT2D eigenvalue weighted by Gasteiger charge is -2.34. The molecule has 0 bridgehead atoms. The molecule has 4 heteroatoms. The molecule has 3 rings (SSSR count). The fraction of sp³-hybridized carbons (Fsp3) is 0.429. The molecule has 0 aliphatic carbocycles. The van der Waals surface area contributed by atoms with Crippen molar-refractivity contribution in [2.45, 2.75) is 12.8 Å². The van der Waals surface area contributed by atoms with Crippen LogP contribution >= 0.6 is 0 Å². The number of piperazine rings is 1. The van der Waals surface area contributed by atoms with E-state index in [9.17, 15) is 4.39 Å². The van der Waals surface area contributed by atoms with Gasteiger partial charge in [0, 0.05) is 32.7 Å². The molecule has 0 saturated carbocycles. The summed E-state index contributed by atoms with van der Waals surface area (Å²) in [6.07, 6.45) is 2.38. The topological polar surface area (TPSA) is 15.7 Å². The second-order valence-electron chi connectivity index (χ2n) is 6.57. The molecule has 0 atom stereocenters. The lowest BCUT2D eigenvalue weighted by atomic mass is 10.1. The first-order valence-corrected chi connectivity index (χ1v) is 9.16. The number of benzene rings is 2. The van der Waals surface area contributed by atoms with Crippen molar-refractivity contribution in [1.29, 1.82) is 0 Å². The fourth-order valence-electron chi connectivity index (χ4n) is 3.21. The average Bonchev–Trinajstić information content (AvgIpc) is 2.66. The van der Waals surface area contributed by atoms with Gasteiger partial charge in [-0.05, 0) is 49.2 Å². The average molecular weight is 342 g/mol. The molecule has 25 heavy (non-hydrogen) atoms. The van der Waals surface area contributed by atoms with Gasteiger partial charge in [-0.2, -0.15) is 0 Å². The van der Waals surface area contributed by atoms with Gasteiger partial charge in [-0.25, -0.2) is 4.39 Å². The first kappa shape index (κ1) is 17.9. The maximum atomic E-state index is 12.9. The van der Waals surface area contributed by atoms with E-state index in [0.717, 1.165) is 44.9 Å². The van der Waals surface area contributed by atoms with Crippen molar-refractivity contribution in [3.63, 3.8) is 0 Å². The van der Waals surface area contributed by atoms with E-state index < -0.39 is 0 Å². The smallest absolute Gasteiger partial charge is 0.123 e. The monoisotopic (exact) mass is 342 g/mol. The Morgan fingerprint density at radius 3 is 2.12 bits per heavy atom. The van der Waals surface area contributed by atoms with Crippen LogP contribution in [0.1, 0.15) is 12.0 Å². The number of ether oxygens (including phenoxy) is 1. The molecular weight excluding hydrogens is 315 g/mol. The summed E-state index contributed by atoms with van der Waals surface area (Å²) in [4.78, 5) is 5.00. The number of aryl methyl sites for hydroxylation is 1. The third-order valence-electron chi connectivity index (χ3n) is 4.74. The van der Waals surface area contributed by atoms with Crippen LogP contribution in [-0.4, -0.2) is 55.7 Å². The van der Waals surface area contributed by atoms with Crippen LogP contribution in [0.25, 0.3) is 0 Å². The molecule has 1 aliphatic rings. The molecule has 0 amide bonds. The Bertz CT molecular complexity index is 610. The number of rotatable bonds is 8. The zero-order valence-electron chi connectivity index (χ0n) is 14.7. The third-order valence-corrected chi connectivity index (χ3v) is 4.74. The second-order valence-corrected chi connectivity index (χ2v) is 6.57. The van der Waals surface area contributed by atoms with Crippen molar-refractivity contribution < 1.29 is 9.13 Å². The van der Waals surface area contributed by atoms with E-state index in [0.29, 0.717) is 6.61 Å². The Labute approximate surface area is 150 Å². The van der Waals surface area contributed by atoms with Crippen molar-refractivity contribution in [2.24, 2.45) is 0 Å². The Hall–Kier alpha value is -1.91. The molecule has 0 spiro atoms. The Morgan fingerprint density at radius 1 is 0.800 bits per heavy atom. The van der Waals surface area contributed by atoms with Crippen LogP contribution in [0.4, 0.5) is 4.39 Å². The number of hydrogen-bond donors (Lipinski definition) is 0. The highest BCUT2D eigenvalue weighted by Gasteiger charge is 2.16. The molecule has 0 aromatic heterocycles. The molecule has 0 unspecified atom stereocenters. The van der Waals surface area contributed by atoms with E-state index in [1.54, 1.807) is 12.1 Å². The summed E-state index contributed by atoms with van der Waals surface area (Å²) in [5, 5.41) is 0. The van der Waals surface area contributed by atoms with Crippen LogP contribution in [-0.2, 0) is 6.42 Å². The molecule has 2 aromatic rings. The van der Waals surface area contributed by atoms with Crippen LogP contribution < -0.4 is 4.74 Å². The van der Waals surface area contributed by atoms with E-state index >= 15 is 0 Å². The van der Waals surface area contributed by atoms with Gasteiger partial charge in [0.05, 0.1) is 0 Å². The van der Waals surface area contributed by atoms with Gasteiger partial charge in [0.15, 0.2) is 0 Å². The summed E-state index contributed by atoms with van der Waals surface area (Å²) in [6, 6.07) is 16.9. The number of hydrogen-bond acceptors (Lipinski definition) is 3. The molecular formula is C21H27FN2O. The minimum Gasteiger partial charge on any atom is -0.492 e. The highest BCUT2D eigenvalue weighted by atomic mass is 19.1. The van der Waals surface area contributed by atoms with Gasteiger partial charge in [-0.1, -0.05) is 30.3 Å². The van der Waals surface area contributed by atoms with Crippen molar-refractivity contribution in [3.8, 4) is 5.75 Å². The minimum absolute atomic E-state index is 0.226. The maximum Gasteiger partial charge on any atom is 0.123 e. The highest BCUT2D eigenvalue weighted by molar-refractivity contribution is 5.22. The quantitative estimate of drug-likeness (QED) is 0.731. The normalized spacial score (nSPS) is 16.0. The largest absolute Gasteiger partial charge is 0.492 e. The van der Waals surface area contributed by atoms with Gasteiger partial charge >= 0.3 is 0 Å². The van der Waals surface area contributed by atoms with Crippen LogP contribution in [0.3, 0.4) is 0 Å². The SMILES string of the molecule is Fc1ccc(OCCN2CCN(CCCc3ccccc3)CC2)cc1. The van der Waals surface area contributed by atoms with Gasteiger partial charge < -0.3 is 9.64 Å². The maximum absolute atomic E-state index is 12.9. The predicted molar refractivity (Wildman–Crippen MR) is 99.5 cm³/mol. The predicted octanol–water partition coefficient (Wildman–Crippen LogP) is 3.45. The van der Waals surface area contributed by atoms with Crippen LogP contribution in [0.5, 0.6) is 5.75 Å². The van der Waals surface area contributed by atoms with E-state index in [1.807, 2.05) is 0 Å². The minimum atomic E-state index is -0.226. The number of nitrogens with zero attached hydrogens (tertiary/aromatic N) is 2. The molecule has 2 aromatic carbocycles. The van der Waals surface area contributed by atoms with Crippen molar-refractivity contribution in [3.05, 3.63) is 66.0 Å². The van der Waals surface area contributed by atoms with Gasteiger partial charge in [0.2, 0.25) is 0 Å². The van der Waals surface area contributed by atoms with Gasteiger partial charge in [0.25, 0.3) is 0 Å². The van der Waals surface area contributed by atoms with Crippen molar-refractivity contribution >= 4 is 0 Å². The first-order chi connectivity index (χ1) is 12.3. The zero-order valence-corrected chi connectivity index (χ0v) is 14.7. The molecule has 134 valence electrons. The molecule has 3 nitrogen and oxygen atoms in total. The van der Waals surface area contributed by atoms with E-state index in [-0.39, 0.29) is 5.82 Å². The molecule has 1 aliphatic heterocycles. The molecule has 0 radical (unpaired) electrons. The van der Waals surface area contributed by atoms with Crippen LogP contribution in [0.2, 0.25) is 0 Å². The van der Waals surface area contributed by atoms with Crippen molar-refractivity contribution in [1.82, 2.24) is 9.80 Å². The summed E-state index contributed by atoms with van der Waals surface area (Å²) in [5.74, 6) is 0.511. The van der Waals surface area contributed by atoms with E-state index in [2.05, 4.69) is 40.1 Å². The third kappa shape index (κ3) is 6.15. The summed E-state index contributed by atoms with van der Waals surface area (Å²) in [7, 11) is 0. The standard InChI is InChI=1S/C21H27FN2O/c22-20-8-10-21(11-9-20)25-18-17-24-15-13-23(14-16-24)12-4-7-19-5-2-1-3-6-19/h1-3,5-6,8-11H,4,7,12-18H2. The number of halogens is 1. The summed E-state index contributed by atoms with van der Waals surface area (Å²) >= 11 is 0. The summed E-state index contributed by atoms with van der Waals surface area (Å²) in [6.45, 7) is 7.20. The van der Waals surface area contributed by atoms with E-state index in [1.165, 1.54) is 30.7 Å². The summed E-state index contributed by atoms with van der Waals surface area (Å²) < 4.78 is 18.5. The molecule has 0 N–H and O–H groups in total. The molecule has 1 heterocycles. The highest BCUT2D eigenvalue weighted by Crippen LogP contribution is 2.11. The molecule has 1 fully saturated rings. The zero-order chi connectivity index (χ0) is 17.3. The van der Waals surface area contributed by atoms with Crippen molar-refractivity contribution in [2.75, 3.05) is 45.9 Å². The Balaban J connectivity index is 1.27. The fourth-order valence-corrected chi connectivity index (χ4v) is 3.21. The van der Waals surface area contributed by atoms with Gasteiger partial charge in [0.1, 0.15) is 18.2 Å².